The topological polar surface area (TPSA) is 44.1 Å². The van der Waals surface area contributed by atoms with E-state index in [1.54, 1.807) is 11.8 Å². The van der Waals surface area contributed by atoms with Crippen LogP contribution >= 0.6 is 11.8 Å². The molecule has 0 N–H and O–H groups in total. The molecule has 0 saturated heterocycles. The number of carbonyl (C=O) groups is 1. The lowest BCUT2D eigenvalue weighted by Crippen LogP contribution is -2.37. The quantitative estimate of drug-likeness (QED) is 0.828. The Balaban J connectivity index is 1.71. The molecule has 1 heterocycles. The summed E-state index contributed by atoms with van der Waals surface area (Å²) in [6, 6.07) is 17.9. The fourth-order valence-electron chi connectivity index (χ4n) is 2.97. The average molecular weight is 336 g/mol. The van der Waals surface area contributed by atoms with Crippen LogP contribution in [0.4, 0.5) is 0 Å². The Hall–Kier alpha value is -2.25. The van der Waals surface area contributed by atoms with Crippen LogP contribution in [0.1, 0.15) is 30.0 Å². The largest absolute Gasteiger partial charge is 0.337 e. The van der Waals surface area contributed by atoms with E-state index < -0.39 is 0 Å². The normalized spacial score (nSPS) is 15.6. The zero-order valence-corrected chi connectivity index (χ0v) is 14.6. The zero-order chi connectivity index (χ0) is 16.9. The number of hydrogen-bond acceptors (Lipinski definition) is 3. The van der Waals surface area contributed by atoms with Gasteiger partial charge < -0.3 is 4.90 Å². The molecule has 4 heteroatoms. The van der Waals surface area contributed by atoms with Crippen molar-refractivity contribution in [3.8, 4) is 6.07 Å². The van der Waals surface area contributed by atoms with Crippen LogP contribution in [0.15, 0.2) is 53.4 Å². The fourth-order valence-corrected chi connectivity index (χ4v) is 4.24. The van der Waals surface area contributed by atoms with Crippen LogP contribution in [0.25, 0.3) is 0 Å². The lowest BCUT2D eigenvalue weighted by molar-refractivity contribution is -0.131. The van der Waals surface area contributed by atoms with Crippen molar-refractivity contribution >= 4 is 17.7 Å². The van der Waals surface area contributed by atoms with Gasteiger partial charge in [-0.3, -0.25) is 4.79 Å². The van der Waals surface area contributed by atoms with E-state index in [2.05, 4.69) is 25.1 Å². The first-order chi connectivity index (χ1) is 11.7. The maximum atomic E-state index is 13.0. The molecule has 122 valence electrons. The lowest BCUT2D eigenvalue weighted by Gasteiger charge is -2.25. The molecule has 0 saturated carbocycles. The number of thioether (sulfide) groups is 1. The average Bonchev–Trinajstić information content (AvgIpc) is 3.05. The van der Waals surface area contributed by atoms with Crippen LogP contribution < -0.4 is 0 Å². The minimum atomic E-state index is -0.0210. The summed E-state index contributed by atoms with van der Waals surface area (Å²) >= 11 is 1.68. The third kappa shape index (κ3) is 3.63. The van der Waals surface area contributed by atoms with E-state index in [1.807, 2.05) is 41.3 Å². The van der Waals surface area contributed by atoms with Crippen LogP contribution in [-0.2, 0) is 17.8 Å². The van der Waals surface area contributed by atoms with E-state index in [1.165, 1.54) is 10.5 Å². The number of hydrogen-bond donors (Lipinski definition) is 0. The molecule has 0 spiro atoms. The van der Waals surface area contributed by atoms with Crippen LogP contribution in [0, 0.1) is 11.3 Å². The third-order valence-electron chi connectivity index (χ3n) is 4.18. The van der Waals surface area contributed by atoms with Crippen LogP contribution in [-0.4, -0.2) is 22.6 Å². The lowest BCUT2D eigenvalue weighted by atomic mass is 10.1. The monoisotopic (exact) mass is 336 g/mol. The summed E-state index contributed by atoms with van der Waals surface area (Å²) in [4.78, 5) is 16.2. The molecule has 1 amide bonds. The van der Waals surface area contributed by atoms with E-state index >= 15 is 0 Å². The Morgan fingerprint density at radius 1 is 1.25 bits per heavy atom. The van der Waals surface area contributed by atoms with Crippen LogP contribution in [0.2, 0.25) is 0 Å². The highest BCUT2D eigenvalue weighted by molar-refractivity contribution is 8.01. The Bertz CT molecular complexity index is 739. The van der Waals surface area contributed by atoms with Crippen molar-refractivity contribution in [2.24, 2.45) is 0 Å². The van der Waals surface area contributed by atoms with Gasteiger partial charge in [-0.05, 0) is 42.2 Å². The van der Waals surface area contributed by atoms with Crippen molar-refractivity contribution in [3.05, 3.63) is 65.2 Å². The molecule has 0 aromatic heterocycles. The molecule has 0 fully saturated rings. The highest BCUT2D eigenvalue weighted by Crippen LogP contribution is 2.37. The second-order valence-electron chi connectivity index (χ2n) is 5.99. The minimum Gasteiger partial charge on any atom is -0.337 e. The standard InChI is InChI=1S/C20H20N2OS/c1-2-11-22(14-16-9-7-15(13-21)8-10-16)20(23)19-12-17-5-3-4-6-18(17)24-19/h3-10,19H,2,11-12,14H2,1H3. The van der Waals surface area contributed by atoms with Gasteiger partial charge in [0.1, 0.15) is 0 Å². The first-order valence-corrected chi connectivity index (χ1v) is 9.11. The highest BCUT2D eigenvalue weighted by Gasteiger charge is 2.31. The van der Waals surface area contributed by atoms with E-state index in [-0.39, 0.29) is 11.2 Å². The number of carbonyl (C=O) groups excluding carboxylic acids is 1. The summed E-state index contributed by atoms with van der Waals surface area (Å²) in [6.07, 6.45) is 1.75. The molecule has 2 aromatic carbocycles. The van der Waals surface area contributed by atoms with Gasteiger partial charge in [0.05, 0.1) is 16.9 Å². The Kier molecular flexibility index (Phi) is 5.22. The maximum absolute atomic E-state index is 13.0. The summed E-state index contributed by atoms with van der Waals surface area (Å²) in [5.41, 5.74) is 2.99. The van der Waals surface area contributed by atoms with Gasteiger partial charge in [-0.2, -0.15) is 5.26 Å². The van der Waals surface area contributed by atoms with E-state index in [0.717, 1.165) is 24.9 Å². The van der Waals surface area contributed by atoms with Crippen LogP contribution in [0.5, 0.6) is 0 Å². The first kappa shape index (κ1) is 16.6. The number of nitriles is 1. The third-order valence-corrected chi connectivity index (χ3v) is 5.49. The fraction of sp³-hybridized carbons (Fsp3) is 0.300. The SMILES string of the molecule is CCCN(Cc1ccc(C#N)cc1)C(=O)C1Cc2ccccc2S1. The molecule has 3 nitrogen and oxygen atoms in total. The van der Waals surface area contributed by atoms with Crippen molar-refractivity contribution in [2.45, 2.75) is 36.5 Å². The van der Waals surface area contributed by atoms with Crippen LogP contribution in [0.3, 0.4) is 0 Å². The van der Waals surface area contributed by atoms with Crippen molar-refractivity contribution in [2.75, 3.05) is 6.54 Å². The predicted molar refractivity (Wildman–Crippen MR) is 96.7 cm³/mol. The number of amides is 1. The molecule has 0 bridgehead atoms. The van der Waals surface area contributed by atoms with Crippen molar-refractivity contribution < 1.29 is 4.79 Å². The number of fused-ring (bicyclic) bond motifs is 1. The van der Waals surface area contributed by atoms with Gasteiger partial charge in [-0.15, -0.1) is 11.8 Å². The van der Waals surface area contributed by atoms with Gasteiger partial charge >= 0.3 is 0 Å². The second kappa shape index (κ2) is 7.55. The van der Waals surface area contributed by atoms with Crippen molar-refractivity contribution in [3.63, 3.8) is 0 Å². The van der Waals surface area contributed by atoms with E-state index in [0.29, 0.717) is 12.1 Å². The molecular weight excluding hydrogens is 316 g/mol. The van der Waals surface area contributed by atoms with Gasteiger partial charge in [0.2, 0.25) is 5.91 Å². The first-order valence-electron chi connectivity index (χ1n) is 8.23. The molecule has 3 rings (SSSR count). The Morgan fingerprint density at radius 2 is 2.00 bits per heavy atom. The molecule has 1 aliphatic heterocycles. The molecule has 2 aromatic rings. The number of rotatable bonds is 5. The number of nitrogens with zero attached hydrogens (tertiary/aromatic N) is 2. The molecule has 1 unspecified atom stereocenters. The number of benzene rings is 2. The zero-order valence-electron chi connectivity index (χ0n) is 13.7. The molecule has 1 atom stereocenters. The summed E-state index contributed by atoms with van der Waals surface area (Å²) in [5, 5.41) is 8.87. The van der Waals surface area contributed by atoms with Gasteiger partial charge in [0.25, 0.3) is 0 Å². The van der Waals surface area contributed by atoms with Gasteiger partial charge in [-0.1, -0.05) is 37.3 Å². The molecule has 0 aliphatic carbocycles. The van der Waals surface area contributed by atoms with Gasteiger partial charge in [0, 0.05) is 18.0 Å². The van der Waals surface area contributed by atoms with Gasteiger partial charge in [0.15, 0.2) is 0 Å². The van der Waals surface area contributed by atoms with Gasteiger partial charge in [-0.25, -0.2) is 0 Å². The smallest absolute Gasteiger partial charge is 0.236 e. The van der Waals surface area contributed by atoms with E-state index in [9.17, 15) is 4.79 Å². The Labute approximate surface area is 147 Å². The van der Waals surface area contributed by atoms with Crippen molar-refractivity contribution in [1.82, 2.24) is 4.90 Å². The predicted octanol–water partition coefficient (Wildman–Crippen LogP) is 4.01. The maximum Gasteiger partial charge on any atom is 0.236 e. The summed E-state index contributed by atoms with van der Waals surface area (Å²) in [7, 11) is 0. The van der Waals surface area contributed by atoms with Crippen molar-refractivity contribution in [1.29, 1.82) is 5.26 Å². The second-order valence-corrected chi connectivity index (χ2v) is 7.23. The summed E-state index contributed by atoms with van der Waals surface area (Å²) in [6.45, 7) is 3.45. The molecule has 0 radical (unpaired) electrons. The molecular formula is C20H20N2OS. The Morgan fingerprint density at radius 3 is 2.67 bits per heavy atom. The van der Waals surface area contributed by atoms with E-state index in [4.69, 9.17) is 5.26 Å². The minimum absolute atomic E-state index is 0.0210. The summed E-state index contributed by atoms with van der Waals surface area (Å²) in [5.74, 6) is 0.211. The highest BCUT2D eigenvalue weighted by atomic mass is 32.2. The summed E-state index contributed by atoms with van der Waals surface area (Å²) < 4.78 is 0. The molecule has 24 heavy (non-hydrogen) atoms. The molecule has 1 aliphatic rings.